The second-order valence-corrected chi connectivity index (χ2v) is 5.73. The minimum atomic E-state index is -0.905. The number of likely N-dealkylation sites (tertiary alicyclic amines) is 1. The highest BCUT2D eigenvalue weighted by Gasteiger charge is 2.30. The molecule has 3 rings (SSSR count). The molecule has 1 aliphatic rings. The number of β-amino-alcohol motifs (C(OH)–C–C–N with tert-alkyl or cyclic N) is 1. The Hall–Kier alpha value is -2.31. The molecule has 2 atom stereocenters. The van der Waals surface area contributed by atoms with Crippen LogP contribution in [-0.4, -0.2) is 56.3 Å². The predicted molar refractivity (Wildman–Crippen MR) is 84.7 cm³/mol. The van der Waals surface area contributed by atoms with Gasteiger partial charge in [-0.3, -0.25) is 4.79 Å². The van der Waals surface area contributed by atoms with Gasteiger partial charge in [-0.1, -0.05) is 30.3 Å². The summed E-state index contributed by atoms with van der Waals surface area (Å²) in [5, 5.41) is 19.3. The van der Waals surface area contributed by atoms with E-state index >= 15 is 0 Å². The largest absolute Gasteiger partial charge is 0.390 e. The number of piperidine rings is 1. The van der Waals surface area contributed by atoms with Gasteiger partial charge in [-0.2, -0.15) is 0 Å². The van der Waals surface area contributed by atoms with Crippen molar-refractivity contribution in [2.75, 3.05) is 13.1 Å². The van der Waals surface area contributed by atoms with Gasteiger partial charge in [0.25, 0.3) is 5.91 Å². The molecule has 1 fully saturated rings. The van der Waals surface area contributed by atoms with Gasteiger partial charge in [-0.15, -0.1) is 0 Å². The van der Waals surface area contributed by atoms with Crippen LogP contribution in [0.15, 0.2) is 36.5 Å². The van der Waals surface area contributed by atoms with Gasteiger partial charge in [0.1, 0.15) is 0 Å². The Morgan fingerprint density at radius 1 is 1.22 bits per heavy atom. The average molecular weight is 313 g/mol. The van der Waals surface area contributed by atoms with E-state index in [2.05, 4.69) is 9.97 Å². The molecular weight excluding hydrogens is 294 g/mol. The van der Waals surface area contributed by atoms with Gasteiger partial charge in [0, 0.05) is 24.8 Å². The highest BCUT2D eigenvalue weighted by atomic mass is 16.3. The lowest BCUT2D eigenvalue weighted by Crippen LogP contribution is -2.49. The van der Waals surface area contributed by atoms with Crippen LogP contribution in [0.25, 0.3) is 11.4 Å². The van der Waals surface area contributed by atoms with Gasteiger partial charge >= 0.3 is 0 Å². The number of hydrogen-bond donors (Lipinski definition) is 2. The summed E-state index contributed by atoms with van der Waals surface area (Å²) in [6, 6.07) is 9.57. The van der Waals surface area contributed by atoms with Crippen molar-refractivity contribution in [3.63, 3.8) is 0 Å². The number of amides is 1. The molecule has 0 radical (unpaired) electrons. The summed E-state index contributed by atoms with van der Waals surface area (Å²) >= 11 is 0. The number of hydrogen-bond acceptors (Lipinski definition) is 5. The summed E-state index contributed by atoms with van der Waals surface area (Å²) in [4.78, 5) is 22.8. The first-order chi connectivity index (χ1) is 11.1. The van der Waals surface area contributed by atoms with Crippen molar-refractivity contribution < 1.29 is 15.0 Å². The molecule has 0 unspecified atom stereocenters. The van der Waals surface area contributed by atoms with E-state index in [1.54, 1.807) is 6.92 Å². The maximum atomic E-state index is 12.6. The van der Waals surface area contributed by atoms with Crippen LogP contribution in [0, 0.1) is 6.92 Å². The highest BCUT2D eigenvalue weighted by molar-refractivity contribution is 5.95. The van der Waals surface area contributed by atoms with Crippen molar-refractivity contribution in [2.24, 2.45) is 0 Å². The number of carbonyl (C=O) groups is 1. The lowest BCUT2D eigenvalue weighted by Gasteiger charge is -2.33. The summed E-state index contributed by atoms with van der Waals surface area (Å²) < 4.78 is 0. The Morgan fingerprint density at radius 3 is 2.61 bits per heavy atom. The van der Waals surface area contributed by atoms with Crippen LogP contribution in [0.5, 0.6) is 0 Å². The topological polar surface area (TPSA) is 86.6 Å². The zero-order chi connectivity index (χ0) is 16.4. The van der Waals surface area contributed by atoms with Crippen molar-refractivity contribution in [2.45, 2.75) is 25.6 Å². The number of aliphatic hydroxyl groups excluding tert-OH is 2. The first kappa shape index (κ1) is 15.6. The van der Waals surface area contributed by atoms with Crippen LogP contribution in [0.4, 0.5) is 0 Å². The van der Waals surface area contributed by atoms with Crippen LogP contribution >= 0.6 is 0 Å². The van der Waals surface area contributed by atoms with E-state index in [-0.39, 0.29) is 12.5 Å². The lowest BCUT2D eigenvalue weighted by atomic mass is 10.0. The Bertz CT molecular complexity index is 705. The second kappa shape index (κ2) is 6.44. The van der Waals surface area contributed by atoms with Crippen molar-refractivity contribution >= 4 is 5.91 Å². The fourth-order valence-electron chi connectivity index (χ4n) is 2.68. The summed E-state index contributed by atoms with van der Waals surface area (Å²) in [5.41, 5.74) is 1.92. The number of aromatic nitrogens is 2. The highest BCUT2D eigenvalue weighted by Crippen LogP contribution is 2.19. The van der Waals surface area contributed by atoms with Crippen molar-refractivity contribution in [3.05, 3.63) is 47.8 Å². The fourth-order valence-corrected chi connectivity index (χ4v) is 2.68. The van der Waals surface area contributed by atoms with E-state index in [1.807, 2.05) is 30.3 Å². The van der Waals surface area contributed by atoms with Gasteiger partial charge in [0.2, 0.25) is 0 Å². The predicted octanol–water partition coefficient (Wildman–Crippen LogP) is 1.02. The Labute approximate surface area is 134 Å². The molecule has 6 heteroatoms. The van der Waals surface area contributed by atoms with E-state index in [4.69, 9.17) is 0 Å². The third-order valence-electron chi connectivity index (χ3n) is 4.08. The molecule has 1 aromatic heterocycles. The zero-order valence-electron chi connectivity index (χ0n) is 12.9. The standard InChI is InChI=1S/C17H19N3O3/c1-11-13(17(23)20-8-7-14(21)15(22)10-20)9-18-16(19-11)12-5-3-2-4-6-12/h2-6,9,14-15,21-22H,7-8,10H2,1H3/t14-,15-/m0/s1. The van der Waals surface area contributed by atoms with Gasteiger partial charge < -0.3 is 15.1 Å². The third kappa shape index (κ3) is 3.23. The molecule has 2 N–H and O–H groups in total. The number of rotatable bonds is 2. The molecule has 1 saturated heterocycles. The number of carbonyl (C=O) groups excluding carboxylic acids is 1. The maximum absolute atomic E-state index is 12.6. The van der Waals surface area contributed by atoms with Crippen LogP contribution in [0.3, 0.4) is 0 Å². The molecule has 0 saturated carbocycles. The van der Waals surface area contributed by atoms with Crippen LogP contribution in [-0.2, 0) is 0 Å². The molecular formula is C17H19N3O3. The fraction of sp³-hybridized carbons (Fsp3) is 0.353. The van der Waals surface area contributed by atoms with E-state index in [0.29, 0.717) is 30.0 Å². The summed E-state index contributed by atoms with van der Waals surface area (Å²) in [5.74, 6) is 0.363. The Kier molecular flexibility index (Phi) is 4.36. The van der Waals surface area contributed by atoms with Crippen LogP contribution in [0.2, 0.25) is 0 Å². The number of benzene rings is 1. The van der Waals surface area contributed by atoms with E-state index in [9.17, 15) is 15.0 Å². The van der Waals surface area contributed by atoms with Gasteiger partial charge in [0.15, 0.2) is 5.82 Å². The first-order valence-electron chi connectivity index (χ1n) is 7.60. The molecule has 0 bridgehead atoms. The molecule has 2 aromatic rings. The molecule has 1 aromatic carbocycles. The Morgan fingerprint density at radius 2 is 1.96 bits per heavy atom. The van der Waals surface area contributed by atoms with E-state index in [1.165, 1.54) is 11.1 Å². The molecule has 1 amide bonds. The van der Waals surface area contributed by atoms with E-state index < -0.39 is 12.2 Å². The summed E-state index contributed by atoms with van der Waals surface area (Å²) in [7, 11) is 0. The van der Waals surface area contributed by atoms with Gasteiger partial charge in [0.05, 0.1) is 23.5 Å². The quantitative estimate of drug-likeness (QED) is 0.864. The molecule has 0 spiro atoms. The normalized spacial score (nSPS) is 21.3. The van der Waals surface area contributed by atoms with Crippen molar-refractivity contribution in [1.82, 2.24) is 14.9 Å². The molecule has 0 aliphatic carbocycles. The third-order valence-corrected chi connectivity index (χ3v) is 4.08. The van der Waals surface area contributed by atoms with Crippen LogP contribution in [0.1, 0.15) is 22.5 Å². The lowest BCUT2D eigenvalue weighted by molar-refractivity contribution is -0.0322. The number of aryl methyl sites for hydroxylation is 1. The summed E-state index contributed by atoms with van der Waals surface area (Å²) in [6.07, 6.45) is 0.230. The summed E-state index contributed by atoms with van der Waals surface area (Å²) in [6.45, 7) is 2.31. The SMILES string of the molecule is Cc1nc(-c2ccccc2)ncc1C(=O)N1CC[C@H](O)[C@@H](O)C1. The van der Waals surface area contributed by atoms with Gasteiger partial charge in [-0.05, 0) is 13.3 Å². The number of aliphatic hydroxyl groups is 2. The molecule has 1 aliphatic heterocycles. The molecule has 23 heavy (non-hydrogen) atoms. The van der Waals surface area contributed by atoms with Crippen LogP contribution < -0.4 is 0 Å². The minimum Gasteiger partial charge on any atom is -0.390 e. The molecule has 6 nitrogen and oxygen atoms in total. The first-order valence-corrected chi connectivity index (χ1v) is 7.60. The van der Waals surface area contributed by atoms with Crippen molar-refractivity contribution in [3.8, 4) is 11.4 Å². The van der Waals surface area contributed by atoms with E-state index in [0.717, 1.165) is 5.56 Å². The smallest absolute Gasteiger partial charge is 0.257 e. The monoisotopic (exact) mass is 313 g/mol. The van der Waals surface area contributed by atoms with Crippen molar-refractivity contribution in [1.29, 1.82) is 0 Å². The minimum absolute atomic E-state index is 0.125. The molecule has 2 heterocycles. The number of nitrogens with zero attached hydrogens (tertiary/aromatic N) is 3. The van der Waals surface area contributed by atoms with Gasteiger partial charge in [-0.25, -0.2) is 9.97 Å². The molecule has 120 valence electrons. The average Bonchev–Trinajstić information content (AvgIpc) is 2.57. The maximum Gasteiger partial charge on any atom is 0.257 e. The second-order valence-electron chi connectivity index (χ2n) is 5.73. The zero-order valence-corrected chi connectivity index (χ0v) is 12.9. The Balaban J connectivity index is 1.82.